The van der Waals surface area contributed by atoms with Gasteiger partial charge in [0.25, 0.3) is 5.91 Å². The number of hydrogen-bond acceptors (Lipinski definition) is 4. The molecule has 0 unspecified atom stereocenters. The van der Waals surface area contributed by atoms with Crippen molar-refractivity contribution in [2.45, 2.75) is 6.92 Å². The van der Waals surface area contributed by atoms with E-state index in [0.29, 0.717) is 11.3 Å². The maximum absolute atomic E-state index is 12.4. The second kappa shape index (κ2) is 7.10. The topological polar surface area (TPSA) is 98.7 Å². The summed E-state index contributed by atoms with van der Waals surface area (Å²) in [7, 11) is 0. The number of urea groups is 1. The Morgan fingerprint density at radius 2 is 1.85 bits per heavy atom. The molecule has 0 aliphatic carbocycles. The summed E-state index contributed by atoms with van der Waals surface area (Å²) in [5, 5.41) is 14.4. The number of amides is 4. The van der Waals surface area contributed by atoms with Crippen molar-refractivity contribution < 1.29 is 19.5 Å². The van der Waals surface area contributed by atoms with Crippen molar-refractivity contribution in [3.05, 3.63) is 65.4 Å². The van der Waals surface area contributed by atoms with Gasteiger partial charge in [-0.25, -0.2) is 9.69 Å². The molecule has 0 aromatic heterocycles. The number of phenolic OH excluding ortho intramolecular Hbond substituents is 1. The first-order valence-electron chi connectivity index (χ1n) is 7.93. The second-order valence-corrected chi connectivity index (χ2v) is 5.83. The minimum Gasteiger partial charge on any atom is -0.508 e. The fourth-order valence-corrected chi connectivity index (χ4v) is 2.50. The van der Waals surface area contributed by atoms with Crippen LogP contribution in [-0.2, 0) is 9.59 Å². The van der Waals surface area contributed by atoms with Gasteiger partial charge in [-0.2, -0.15) is 0 Å². The zero-order valence-electron chi connectivity index (χ0n) is 14.0. The number of phenols is 1. The van der Waals surface area contributed by atoms with Crippen LogP contribution in [0.3, 0.4) is 0 Å². The highest BCUT2D eigenvalue weighted by atomic mass is 16.3. The highest BCUT2D eigenvalue weighted by Crippen LogP contribution is 2.17. The lowest BCUT2D eigenvalue weighted by Crippen LogP contribution is -2.38. The third-order valence-corrected chi connectivity index (χ3v) is 3.89. The van der Waals surface area contributed by atoms with E-state index >= 15 is 0 Å². The number of benzene rings is 2. The number of nitrogens with zero attached hydrogens (tertiary/aromatic N) is 1. The summed E-state index contributed by atoms with van der Waals surface area (Å²) in [6, 6.07) is 12.7. The number of aromatic hydroxyl groups is 1. The molecule has 1 aliphatic heterocycles. The largest absolute Gasteiger partial charge is 0.508 e. The first-order chi connectivity index (χ1) is 12.4. The monoisotopic (exact) mass is 351 g/mol. The quantitative estimate of drug-likeness (QED) is 0.581. The van der Waals surface area contributed by atoms with Crippen LogP contribution in [0.25, 0.3) is 6.08 Å². The molecule has 1 aliphatic rings. The molecule has 0 radical (unpaired) electrons. The molecule has 132 valence electrons. The summed E-state index contributed by atoms with van der Waals surface area (Å²) in [5.74, 6) is -0.944. The Bertz CT molecular complexity index is 903. The number of carbonyl (C=O) groups excluding carboxylic acids is 3. The number of nitrogens with one attached hydrogen (secondary N) is 2. The molecule has 7 heteroatoms. The van der Waals surface area contributed by atoms with Crippen LogP contribution >= 0.6 is 0 Å². The molecule has 0 atom stereocenters. The van der Waals surface area contributed by atoms with E-state index in [1.165, 1.54) is 18.2 Å². The molecule has 3 N–H and O–H groups in total. The highest BCUT2D eigenvalue weighted by Gasteiger charge is 2.34. The molecule has 0 spiro atoms. The van der Waals surface area contributed by atoms with E-state index in [0.717, 1.165) is 10.5 Å². The van der Waals surface area contributed by atoms with E-state index in [2.05, 4.69) is 10.6 Å². The van der Waals surface area contributed by atoms with Gasteiger partial charge in [0.05, 0.1) is 0 Å². The number of hydrogen-bond donors (Lipinski definition) is 3. The van der Waals surface area contributed by atoms with Gasteiger partial charge in [0.15, 0.2) is 0 Å². The lowest BCUT2D eigenvalue weighted by Gasteiger charge is -2.13. The van der Waals surface area contributed by atoms with Crippen LogP contribution in [0.5, 0.6) is 5.75 Å². The SMILES string of the molecule is Cc1ccccc1NC(=O)CN1C(=O)N/C(=C\c2ccc(O)cc2)C1=O. The van der Waals surface area contributed by atoms with Gasteiger partial charge in [-0.3, -0.25) is 9.59 Å². The van der Waals surface area contributed by atoms with Crippen molar-refractivity contribution in [1.82, 2.24) is 10.2 Å². The van der Waals surface area contributed by atoms with Crippen molar-refractivity contribution >= 4 is 29.6 Å². The van der Waals surface area contributed by atoms with Gasteiger partial charge in [-0.15, -0.1) is 0 Å². The molecular formula is C19H17N3O4. The van der Waals surface area contributed by atoms with Crippen LogP contribution in [-0.4, -0.2) is 34.4 Å². The van der Waals surface area contributed by atoms with E-state index in [9.17, 15) is 19.5 Å². The smallest absolute Gasteiger partial charge is 0.329 e. The van der Waals surface area contributed by atoms with Crippen molar-refractivity contribution in [3.63, 3.8) is 0 Å². The number of carbonyl (C=O) groups is 3. The zero-order valence-corrected chi connectivity index (χ0v) is 14.0. The van der Waals surface area contributed by atoms with Gasteiger partial charge in [-0.05, 0) is 42.3 Å². The van der Waals surface area contributed by atoms with E-state index in [4.69, 9.17) is 0 Å². The van der Waals surface area contributed by atoms with Gasteiger partial charge in [-0.1, -0.05) is 30.3 Å². The fourth-order valence-electron chi connectivity index (χ4n) is 2.50. The van der Waals surface area contributed by atoms with Gasteiger partial charge >= 0.3 is 6.03 Å². The summed E-state index contributed by atoms with van der Waals surface area (Å²) < 4.78 is 0. The Kier molecular flexibility index (Phi) is 4.70. The Morgan fingerprint density at radius 1 is 1.15 bits per heavy atom. The molecule has 7 nitrogen and oxygen atoms in total. The predicted octanol–water partition coefficient (Wildman–Crippen LogP) is 2.23. The van der Waals surface area contributed by atoms with Crippen molar-refractivity contribution in [1.29, 1.82) is 0 Å². The molecule has 4 amide bonds. The van der Waals surface area contributed by atoms with Gasteiger partial charge in [0.1, 0.15) is 18.0 Å². The number of imide groups is 1. The number of rotatable bonds is 4. The van der Waals surface area contributed by atoms with Gasteiger partial charge in [0.2, 0.25) is 5.91 Å². The molecule has 1 saturated heterocycles. The van der Waals surface area contributed by atoms with Crippen molar-refractivity contribution in [3.8, 4) is 5.75 Å². The van der Waals surface area contributed by atoms with Crippen LogP contribution in [0.1, 0.15) is 11.1 Å². The Hall–Kier alpha value is -3.61. The van der Waals surface area contributed by atoms with E-state index in [1.807, 2.05) is 19.1 Å². The van der Waals surface area contributed by atoms with E-state index in [-0.39, 0.29) is 18.0 Å². The molecule has 1 heterocycles. The summed E-state index contributed by atoms with van der Waals surface area (Å²) in [6.45, 7) is 1.47. The van der Waals surface area contributed by atoms with Crippen LogP contribution in [0.2, 0.25) is 0 Å². The predicted molar refractivity (Wildman–Crippen MR) is 96.1 cm³/mol. The molecular weight excluding hydrogens is 334 g/mol. The third-order valence-electron chi connectivity index (χ3n) is 3.89. The highest BCUT2D eigenvalue weighted by molar-refractivity contribution is 6.15. The average Bonchev–Trinajstić information content (AvgIpc) is 2.86. The van der Waals surface area contributed by atoms with Gasteiger partial charge in [0, 0.05) is 5.69 Å². The maximum atomic E-state index is 12.4. The van der Waals surface area contributed by atoms with Gasteiger partial charge < -0.3 is 15.7 Å². The number of anilines is 1. The Labute approximate surface area is 149 Å². The zero-order chi connectivity index (χ0) is 18.7. The second-order valence-electron chi connectivity index (χ2n) is 5.83. The average molecular weight is 351 g/mol. The summed E-state index contributed by atoms with van der Waals surface area (Å²) in [5.41, 5.74) is 2.22. The molecule has 2 aromatic carbocycles. The molecule has 2 aromatic rings. The van der Waals surface area contributed by atoms with Crippen LogP contribution in [0.4, 0.5) is 10.5 Å². The van der Waals surface area contributed by atoms with E-state index in [1.54, 1.807) is 24.3 Å². The summed E-state index contributed by atoms with van der Waals surface area (Å²) in [4.78, 5) is 37.4. The first-order valence-corrected chi connectivity index (χ1v) is 7.93. The molecule has 0 saturated carbocycles. The lowest BCUT2D eigenvalue weighted by atomic mass is 10.2. The first kappa shape index (κ1) is 17.2. The fraction of sp³-hybridized carbons (Fsp3) is 0.105. The van der Waals surface area contributed by atoms with Crippen LogP contribution in [0.15, 0.2) is 54.2 Å². The van der Waals surface area contributed by atoms with E-state index < -0.39 is 17.8 Å². The molecule has 1 fully saturated rings. The standard InChI is InChI=1S/C19H17N3O4/c1-12-4-2-3-5-15(12)20-17(24)11-22-18(25)16(21-19(22)26)10-13-6-8-14(23)9-7-13/h2-10,23H,11H2,1H3,(H,20,24)(H,21,26)/b16-10-. The van der Waals surface area contributed by atoms with Crippen LogP contribution in [0, 0.1) is 6.92 Å². The third kappa shape index (κ3) is 3.72. The molecule has 0 bridgehead atoms. The summed E-state index contributed by atoms with van der Waals surface area (Å²) in [6.07, 6.45) is 1.49. The van der Waals surface area contributed by atoms with Crippen molar-refractivity contribution in [2.24, 2.45) is 0 Å². The Morgan fingerprint density at radius 3 is 2.54 bits per heavy atom. The number of para-hydroxylation sites is 1. The molecule has 26 heavy (non-hydrogen) atoms. The minimum absolute atomic E-state index is 0.0735. The van der Waals surface area contributed by atoms with Crippen molar-refractivity contribution in [2.75, 3.05) is 11.9 Å². The lowest BCUT2D eigenvalue weighted by molar-refractivity contribution is -0.127. The normalized spacial score (nSPS) is 15.3. The minimum atomic E-state index is -0.653. The number of aryl methyl sites for hydroxylation is 1. The Balaban J connectivity index is 1.70. The molecule has 3 rings (SSSR count). The summed E-state index contributed by atoms with van der Waals surface area (Å²) >= 11 is 0. The van der Waals surface area contributed by atoms with Crippen LogP contribution < -0.4 is 10.6 Å². The maximum Gasteiger partial charge on any atom is 0.329 e.